The maximum atomic E-state index is 12.0. The van der Waals surface area contributed by atoms with Crippen LogP contribution in [-0.2, 0) is 19.1 Å². The lowest BCUT2D eigenvalue weighted by molar-refractivity contribution is -0.150. The summed E-state index contributed by atoms with van der Waals surface area (Å²) in [4.78, 5) is 25.9. The van der Waals surface area contributed by atoms with E-state index in [0.717, 1.165) is 51.4 Å². The molecule has 0 amide bonds. The molecule has 0 aromatic carbocycles. The first kappa shape index (κ1) is 42.9. The van der Waals surface area contributed by atoms with Crippen LogP contribution in [0.3, 0.4) is 0 Å². The average Bonchev–Trinajstić information content (AvgIpc) is 3.03. The van der Waals surface area contributed by atoms with Gasteiger partial charge in [0.05, 0.1) is 0 Å². The molecule has 0 aromatic rings. The molecule has 0 saturated heterocycles. The molecule has 0 unspecified atom stereocenters. The topological polar surface area (TPSA) is 55.8 Å². The zero-order valence-corrected chi connectivity index (χ0v) is 29.8. The monoisotopic (exact) mass is 630 g/mol. The average molecular weight is 630 g/mol. The third-order valence-corrected chi connectivity index (χ3v) is 7.85. The van der Waals surface area contributed by atoms with Crippen LogP contribution in [0.4, 0.5) is 0 Å². The molecule has 0 aliphatic rings. The largest absolute Gasteiger partial charge is 0.464 e. The van der Waals surface area contributed by atoms with Crippen LogP contribution in [0.15, 0.2) is 48.6 Å². The minimum absolute atomic E-state index is 0.132. The highest BCUT2D eigenvalue weighted by molar-refractivity contribution is 5.69. The number of carbonyl (C=O) groups is 2. The fraction of sp³-hybridized carbons (Fsp3) is 0.750. The van der Waals surface area contributed by atoms with E-state index in [9.17, 15) is 9.59 Å². The lowest BCUT2D eigenvalue weighted by Crippen LogP contribution is -2.28. The molecule has 5 heteroatoms. The van der Waals surface area contributed by atoms with Crippen molar-refractivity contribution in [3.05, 3.63) is 48.6 Å². The van der Waals surface area contributed by atoms with Crippen LogP contribution in [-0.4, -0.2) is 43.8 Å². The van der Waals surface area contributed by atoms with Crippen molar-refractivity contribution in [1.29, 1.82) is 0 Å². The van der Waals surface area contributed by atoms with Gasteiger partial charge in [0.1, 0.15) is 13.3 Å². The number of rotatable bonds is 33. The maximum Gasteiger partial charge on any atom is 0.307 e. The number of unbranched alkanes of at least 4 members (excludes halogenated alkanes) is 16. The van der Waals surface area contributed by atoms with Crippen LogP contribution in [0.1, 0.15) is 168 Å². The first-order chi connectivity index (χ1) is 22.1. The number of nitrogens with zero attached hydrogens (tertiary/aromatic N) is 1. The van der Waals surface area contributed by atoms with E-state index in [0.29, 0.717) is 26.0 Å². The lowest BCUT2D eigenvalue weighted by Gasteiger charge is -2.16. The number of ether oxygens (including phenoxy) is 2. The predicted molar refractivity (Wildman–Crippen MR) is 193 cm³/mol. The second kappa shape index (κ2) is 36.3. The standard InChI is InChI=1S/C40H71NO4/c1-4-6-8-10-12-14-16-18-20-22-24-26-28-30-32-34-39(42)44-37-36-41(3)38-45-40(43)35-33-31-29-27-25-23-21-19-17-15-13-11-9-7-5-2/h12-15,18-21H,4-11,16-17,22-38H2,1-3H3/b14-12-,15-13-,20-18-,21-19-. The van der Waals surface area contributed by atoms with Crippen molar-refractivity contribution in [2.75, 3.05) is 26.9 Å². The van der Waals surface area contributed by atoms with Gasteiger partial charge in [-0.1, -0.05) is 127 Å². The van der Waals surface area contributed by atoms with E-state index < -0.39 is 0 Å². The molecule has 0 aromatic heterocycles. The van der Waals surface area contributed by atoms with Crippen molar-refractivity contribution in [1.82, 2.24) is 4.90 Å². The highest BCUT2D eigenvalue weighted by Gasteiger charge is 2.07. The van der Waals surface area contributed by atoms with Gasteiger partial charge < -0.3 is 9.47 Å². The van der Waals surface area contributed by atoms with Crippen LogP contribution in [0.2, 0.25) is 0 Å². The third kappa shape index (κ3) is 36.2. The fourth-order valence-electron chi connectivity index (χ4n) is 4.87. The molecular weight excluding hydrogens is 558 g/mol. The van der Waals surface area contributed by atoms with Gasteiger partial charge in [-0.25, -0.2) is 0 Å². The van der Waals surface area contributed by atoms with Crippen molar-refractivity contribution < 1.29 is 19.1 Å². The lowest BCUT2D eigenvalue weighted by atomic mass is 10.1. The van der Waals surface area contributed by atoms with Crippen molar-refractivity contribution >= 4 is 11.9 Å². The van der Waals surface area contributed by atoms with Crippen molar-refractivity contribution in [3.8, 4) is 0 Å². The molecule has 0 spiro atoms. The SMILES string of the molecule is CCCCC/C=C\C/C=C\CCCCCCCC(=O)OCCN(C)COC(=O)CCCCCCC/C=C\C/C=C\CCCCC. The van der Waals surface area contributed by atoms with Gasteiger partial charge in [-0.05, 0) is 84.1 Å². The molecule has 5 nitrogen and oxygen atoms in total. The van der Waals surface area contributed by atoms with E-state index in [1.807, 2.05) is 11.9 Å². The molecule has 45 heavy (non-hydrogen) atoms. The Bertz CT molecular complexity index is 770. The third-order valence-electron chi connectivity index (χ3n) is 7.85. The summed E-state index contributed by atoms with van der Waals surface area (Å²) in [5.41, 5.74) is 0. The Kier molecular flexibility index (Phi) is 34.6. The molecular formula is C40H71NO4. The summed E-state index contributed by atoms with van der Waals surface area (Å²) in [6.45, 7) is 5.61. The summed E-state index contributed by atoms with van der Waals surface area (Å²) < 4.78 is 10.7. The summed E-state index contributed by atoms with van der Waals surface area (Å²) in [5.74, 6) is -0.279. The number of hydrogen-bond donors (Lipinski definition) is 0. The minimum atomic E-state index is -0.147. The van der Waals surface area contributed by atoms with Gasteiger partial charge in [-0.15, -0.1) is 0 Å². The molecule has 0 saturated carbocycles. The zero-order chi connectivity index (χ0) is 32.9. The highest BCUT2D eigenvalue weighted by atomic mass is 16.5. The van der Waals surface area contributed by atoms with Crippen LogP contribution in [0.5, 0.6) is 0 Å². The molecule has 0 atom stereocenters. The maximum absolute atomic E-state index is 12.0. The molecule has 260 valence electrons. The van der Waals surface area contributed by atoms with Gasteiger partial charge in [0, 0.05) is 19.4 Å². The smallest absolute Gasteiger partial charge is 0.307 e. The summed E-state index contributed by atoms with van der Waals surface area (Å²) in [7, 11) is 1.87. The van der Waals surface area contributed by atoms with E-state index in [1.54, 1.807) is 0 Å². The first-order valence-electron chi connectivity index (χ1n) is 18.7. The van der Waals surface area contributed by atoms with E-state index >= 15 is 0 Å². The Balaban J connectivity index is 3.49. The van der Waals surface area contributed by atoms with Crippen LogP contribution in [0.25, 0.3) is 0 Å². The predicted octanol–water partition coefficient (Wildman–Crippen LogP) is 11.6. The van der Waals surface area contributed by atoms with Gasteiger partial charge in [-0.3, -0.25) is 14.5 Å². The van der Waals surface area contributed by atoms with Gasteiger partial charge >= 0.3 is 11.9 Å². The summed E-state index contributed by atoms with van der Waals surface area (Å²) in [5, 5.41) is 0. The quantitative estimate of drug-likeness (QED) is 0.0313. The zero-order valence-electron chi connectivity index (χ0n) is 29.8. The normalized spacial score (nSPS) is 12.1. The number of esters is 2. The van der Waals surface area contributed by atoms with E-state index in [-0.39, 0.29) is 18.7 Å². The number of carbonyl (C=O) groups excluding carboxylic acids is 2. The minimum Gasteiger partial charge on any atom is -0.464 e. The van der Waals surface area contributed by atoms with Gasteiger partial charge in [0.2, 0.25) is 0 Å². The Morgan fingerprint density at radius 3 is 1.31 bits per heavy atom. The highest BCUT2D eigenvalue weighted by Crippen LogP contribution is 2.10. The van der Waals surface area contributed by atoms with Gasteiger partial charge in [0.15, 0.2) is 0 Å². The summed E-state index contributed by atoms with van der Waals surface area (Å²) >= 11 is 0. The molecule has 0 fully saturated rings. The van der Waals surface area contributed by atoms with Crippen molar-refractivity contribution in [2.24, 2.45) is 0 Å². The Hall–Kier alpha value is -2.14. The summed E-state index contributed by atoms with van der Waals surface area (Å²) in [6, 6.07) is 0. The molecule has 0 N–H and O–H groups in total. The number of allylic oxidation sites excluding steroid dienone is 8. The Morgan fingerprint density at radius 2 is 0.867 bits per heavy atom. The Morgan fingerprint density at radius 1 is 0.489 bits per heavy atom. The second-order valence-electron chi connectivity index (χ2n) is 12.4. The van der Waals surface area contributed by atoms with Crippen LogP contribution < -0.4 is 0 Å². The molecule has 0 aliphatic heterocycles. The number of hydrogen-bond acceptors (Lipinski definition) is 5. The Labute approximate surface area is 279 Å². The molecule has 0 radical (unpaired) electrons. The first-order valence-corrected chi connectivity index (χ1v) is 18.7. The van der Waals surface area contributed by atoms with Gasteiger partial charge in [-0.2, -0.15) is 0 Å². The molecule has 0 heterocycles. The van der Waals surface area contributed by atoms with Crippen molar-refractivity contribution in [2.45, 2.75) is 168 Å². The van der Waals surface area contributed by atoms with E-state index in [1.165, 1.54) is 89.9 Å². The molecule has 0 rings (SSSR count). The van der Waals surface area contributed by atoms with Crippen LogP contribution >= 0.6 is 0 Å². The molecule has 0 aliphatic carbocycles. The van der Waals surface area contributed by atoms with Crippen molar-refractivity contribution in [3.63, 3.8) is 0 Å². The van der Waals surface area contributed by atoms with Crippen LogP contribution in [0, 0.1) is 0 Å². The number of likely N-dealkylation sites (N-methyl/N-ethyl adjacent to an activating group) is 1. The molecule has 0 bridgehead atoms. The fourth-order valence-corrected chi connectivity index (χ4v) is 4.87. The summed E-state index contributed by atoms with van der Waals surface area (Å²) in [6.07, 6.45) is 45.0. The van der Waals surface area contributed by atoms with E-state index in [2.05, 4.69) is 62.5 Å². The van der Waals surface area contributed by atoms with E-state index in [4.69, 9.17) is 9.47 Å². The second-order valence-corrected chi connectivity index (χ2v) is 12.4. The van der Waals surface area contributed by atoms with Gasteiger partial charge in [0.25, 0.3) is 0 Å².